The minimum atomic E-state index is -0.0334. The molecule has 3 rings (SSSR count). The Balaban J connectivity index is 1.59. The van der Waals surface area contributed by atoms with E-state index < -0.39 is 0 Å². The van der Waals surface area contributed by atoms with E-state index in [1.54, 1.807) is 15.9 Å². The summed E-state index contributed by atoms with van der Waals surface area (Å²) >= 11 is 6.80. The van der Waals surface area contributed by atoms with Crippen molar-refractivity contribution in [3.05, 3.63) is 33.9 Å². The average Bonchev–Trinajstić information content (AvgIpc) is 3.22. The van der Waals surface area contributed by atoms with E-state index in [1.165, 1.54) is 24.8 Å². The molecule has 0 spiro atoms. The summed E-state index contributed by atoms with van der Waals surface area (Å²) in [5, 5.41) is 11.9. The van der Waals surface area contributed by atoms with Gasteiger partial charge in [0.25, 0.3) is 0 Å². The fourth-order valence-electron chi connectivity index (χ4n) is 2.58. The number of carbonyl (C=O) groups is 1. The number of nitrogens with zero attached hydrogens (tertiary/aromatic N) is 2. The number of aromatic amines is 1. The third-order valence-electron chi connectivity index (χ3n) is 3.70. The molecule has 1 amide bonds. The lowest BCUT2D eigenvalue weighted by Crippen LogP contribution is -2.28. The molecule has 0 saturated carbocycles. The first kappa shape index (κ1) is 15.2. The molecule has 0 saturated heterocycles. The highest BCUT2D eigenvalue weighted by molar-refractivity contribution is 7.71. The van der Waals surface area contributed by atoms with E-state index in [2.05, 4.69) is 21.6 Å². The molecule has 1 aliphatic rings. The van der Waals surface area contributed by atoms with E-state index >= 15 is 0 Å². The third-order valence-corrected chi connectivity index (χ3v) is 4.88. The van der Waals surface area contributed by atoms with Crippen LogP contribution in [0.5, 0.6) is 0 Å². The van der Waals surface area contributed by atoms with Crippen LogP contribution in [0.25, 0.3) is 10.7 Å². The van der Waals surface area contributed by atoms with Gasteiger partial charge >= 0.3 is 0 Å². The summed E-state index contributed by atoms with van der Waals surface area (Å²) in [6.45, 7) is 0.881. The fraction of sp³-hybridized carbons (Fsp3) is 0.400. The monoisotopic (exact) mass is 334 g/mol. The number of hydrogen-bond acceptors (Lipinski definition) is 4. The van der Waals surface area contributed by atoms with Crippen molar-refractivity contribution in [3.8, 4) is 10.7 Å². The van der Waals surface area contributed by atoms with Gasteiger partial charge in [-0.2, -0.15) is 5.10 Å². The van der Waals surface area contributed by atoms with Gasteiger partial charge in [0.15, 0.2) is 10.6 Å². The summed E-state index contributed by atoms with van der Waals surface area (Å²) < 4.78 is 2.21. The Kier molecular flexibility index (Phi) is 4.84. The number of nitrogens with one attached hydrogen (secondary N) is 2. The summed E-state index contributed by atoms with van der Waals surface area (Å²) in [6, 6.07) is 3.92. The Bertz CT molecular complexity index is 727. The first-order valence-electron chi connectivity index (χ1n) is 7.38. The molecular formula is C15H18N4OS2. The van der Waals surface area contributed by atoms with E-state index in [4.69, 9.17) is 12.2 Å². The Hall–Kier alpha value is -1.73. The molecule has 0 aromatic carbocycles. The molecule has 5 nitrogen and oxygen atoms in total. The lowest BCUT2D eigenvalue weighted by Gasteiger charge is -2.08. The highest BCUT2D eigenvalue weighted by Gasteiger charge is 2.13. The number of hydrogen-bond donors (Lipinski definition) is 2. The molecule has 1 aliphatic carbocycles. The van der Waals surface area contributed by atoms with Crippen LogP contribution in [0.1, 0.15) is 25.7 Å². The molecule has 0 atom stereocenters. The van der Waals surface area contributed by atoms with Gasteiger partial charge in [-0.3, -0.25) is 14.5 Å². The van der Waals surface area contributed by atoms with Crippen molar-refractivity contribution in [2.24, 2.45) is 0 Å². The molecule has 2 N–H and O–H groups in total. The number of rotatable bonds is 6. The second-order valence-electron chi connectivity index (χ2n) is 5.27. The van der Waals surface area contributed by atoms with Crippen LogP contribution in [-0.4, -0.2) is 27.2 Å². The molecule has 7 heteroatoms. The largest absolute Gasteiger partial charge is 0.354 e. The summed E-state index contributed by atoms with van der Waals surface area (Å²) in [5.41, 5.74) is 1.46. The molecule has 0 bridgehead atoms. The molecule has 0 unspecified atom stereocenters. The van der Waals surface area contributed by atoms with Gasteiger partial charge in [-0.05, 0) is 49.3 Å². The SMILES string of the molecule is O=C(Cn1c(-c2cccs2)n[nH]c1=S)NCCC1=CCCC1. The number of carbonyl (C=O) groups excluding carboxylic acids is 1. The summed E-state index contributed by atoms with van der Waals surface area (Å²) in [7, 11) is 0. The fourth-order valence-corrected chi connectivity index (χ4v) is 3.50. The zero-order valence-electron chi connectivity index (χ0n) is 12.2. The number of amides is 1. The van der Waals surface area contributed by atoms with E-state index in [1.807, 2.05) is 17.5 Å². The number of H-pyrrole nitrogens is 1. The molecule has 2 aromatic rings. The van der Waals surface area contributed by atoms with Crippen molar-refractivity contribution in [1.82, 2.24) is 20.1 Å². The first-order chi connectivity index (χ1) is 10.7. The van der Waals surface area contributed by atoms with Crippen molar-refractivity contribution >= 4 is 29.5 Å². The van der Waals surface area contributed by atoms with Crippen molar-refractivity contribution < 1.29 is 4.79 Å². The van der Waals surface area contributed by atoms with Crippen LogP contribution in [0.2, 0.25) is 0 Å². The Morgan fingerprint density at radius 1 is 1.55 bits per heavy atom. The van der Waals surface area contributed by atoms with E-state index in [0.717, 1.165) is 11.3 Å². The van der Waals surface area contributed by atoms with E-state index in [-0.39, 0.29) is 12.5 Å². The molecular weight excluding hydrogens is 316 g/mol. The van der Waals surface area contributed by atoms with Crippen molar-refractivity contribution in [3.63, 3.8) is 0 Å². The lowest BCUT2D eigenvalue weighted by atomic mass is 10.2. The summed E-state index contributed by atoms with van der Waals surface area (Å²) in [4.78, 5) is 13.1. The number of thiophene rings is 1. The maximum Gasteiger partial charge on any atom is 0.240 e. The van der Waals surface area contributed by atoms with Crippen LogP contribution >= 0.6 is 23.6 Å². The zero-order valence-corrected chi connectivity index (χ0v) is 13.8. The molecule has 0 aliphatic heterocycles. The molecule has 22 heavy (non-hydrogen) atoms. The lowest BCUT2D eigenvalue weighted by molar-refractivity contribution is -0.121. The number of allylic oxidation sites excluding steroid dienone is 1. The Morgan fingerprint density at radius 2 is 2.45 bits per heavy atom. The van der Waals surface area contributed by atoms with Gasteiger partial charge in [0.2, 0.25) is 5.91 Å². The highest BCUT2D eigenvalue weighted by atomic mass is 32.1. The predicted molar refractivity (Wildman–Crippen MR) is 90.3 cm³/mol. The van der Waals surface area contributed by atoms with Crippen molar-refractivity contribution in [1.29, 1.82) is 0 Å². The molecule has 0 radical (unpaired) electrons. The quantitative estimate of drug-likeness (QED) is 0.629. The average molecular weight is 334 g/mol. The topological polar surface area (TPSA) is 62.7 Å². The molecule has 0 fully saturated rings. The zero-order chi connectivity index (χ0) is 15.4. The minimum absolute atomic E-state index is 0.0334. The van der Waals surface area contributed by atoms with E-state index in [9.17, 15) is 4.79 Å². The van der Waals surface area contributed by atoms with Crippen LogP contribution in [0.15, 0.2) is 29.2 Å². The van der Waals surface area contributed by atoms with Crippen molar-refractivity contribution in [2.45, 2.75) is 32.2 Å². The third kappa shape index (κ3) is 3.53. The second kappa shape index (κ2) is 7.02. The van der Waals surface area contributed by atoms with Crippen LogP contribution in [-0.2, 0) is 11.3 Å². The molecule has 116 valence electrons. The summed E-state index contributed by atoms with van der Waals surface area (Å²) in [6.07, 6.45) is 6.83. The first-order valence-corrected chi connectivity index (χ1v) is 8.66. The van der Waals surface area contributed by atoms with Gasteiger partial charge in [0.05, 0.1) is 4.88 Å². The van der Waals surface area contributed by atoms with E-state index in [0.29, 0.717) is 17.1 Å². The normalized spacial score (nSPS) is 14.1. The predicted octanol–water partition coefficient (Wildman–Crippen LogP) is 3.29. The van der Waals surface area contributed by atoms with Crippen LogP contribution in [0.3, 0.4) is 0 Å². The van der Waals surface area contributed by atoms with Gasteiger partial charge in [-0.15, -0.1) is 11.3 Å². The maximum absolute atomic E-state index is 12.1. The highest BCUT2D eigenvalue weighted by Crippen LogP contribution is 2.22. The van der Waals surface area contributed by atoms with Crippen LogP contribution in [0, 0.1) is 4.77 Å². The maximum atomic E-state index is 12.1. The van der Waals surface area contributed by atoms with Gasteiger partial charge in [0, 0.05) is 6.54 Å². The van der Waals surface area contributed by atoms with Gasteiger partial charge in [-0.25, -0.2) is 0 Å². The minimum Gasteiger partial charge on any atom is -0.354 e. The smallest absolute Gasteiger partial charge is 0.240 e. The van der Waals surface area contributed by atoms with Gasteiger partial charge in [0.1, 0.15) is 6.54 Å². The second-order valence-corrected chi connectivity index (χ2v) is 6.60. The summed E-state index contributed by atoms with van der Waals surface area (Å²) in [5.74, 6) is 0.683. The van der Waals surface area contributed by atoms with Crippen LogP contribution in [0.4, 0.5) is 0 Å². The molecule has 2 heterocycles. The van der Waals surface area contributed by atoms with Gasteiger partial charge in [-0.1, -0.05) is 17.7 Å². The standard InChI is InChI=1S/C15H18N4OS2/c20-13(16-8-7-11-4-1-2-5-11)10-19-14(17-18-15(19)21)12-6-3-9-22-12/h3-4,6,9H,1-2,5,7-8,10H2,(H,16,20)(H,18,21). The number of aromatic nitrogens is 3. The Labute approximate surface area is 138 Å². The van der Waals surface area contributed by atoms with Crippen LogP contribution < -0.4 is 5.32 Å². The molecule has 2 aromatic heterocycles. The van der Waals surface area contributed by atoms with Gasteiger partial charge < -0.3 is 5.32 Å². The van der Waals surface area contributed by atoms with Crippen molar-refractivity contribution in [2.75, 3.05) is 6.54 Å². The Morgan fingerprint density at radius 3 is 3.18 bits per heavy atom.